The molecule has 5 nitrogen and oxygen atoms in total. The van der Waals surface area contributed by atoms with E-state index in [1.54, 1.807) is 31.0 Å². The number of phenols is 1. The summed E-state index contributed by atoms with van der Waals surface area (Å²) in [5.41, 5.74) is 3.29. The van der Waals surface area contributed by atoms with Crippen molar-refractivity contribution in [2.45, 2.75) is 26.9 Å². The highest BCUT2D eigenvalue weighted by atomic mass is 32.2. The number of carbonyl (C=O) groups excluding carboxylic acids is 1. The molecule has 6 heteroatoms. The zero-order valence-electron chi connectivity index (χ0n) is 17.2. The van der Waals surface area contributed by atoms with Gasteiger partial charge in [0.2, 0.25) is 0 Å². The number of nitrogens with zero attached hydrogens (tertiary/aromatic N) is 1. The zero-order valence-corrected chi connectivity index (χ0v) is 18.0. The molecule has 0 aliphatic heterocycles. The van der Waals surface area contributed by atoms with Gasteiger partial charge in [0.1, 0.15) is 11.5 Å². The van der Waals surface area contributed by atoms with Gasteiger partial charge in [0.05, 0.1) is 19.2 Å². The monoisotopic (exact) mass is 410 g/mol. The molecule has 0 saturated heterocycles. The fourth-order valence-electron chi connectivity index (χ4n) is 3.50. The van der Waals surface area contributed by atoms with E-state index in [-0.39, 0.29) is 11.7 Å². The number of thioether (sulfide) groups is 1. The molecule has 0 unspecified atom stereocenters. The Bertz CT molecular complexity index is 1070. The third-order valence-corrected chi connectivity index (χ3v) is 5.95. The van der Waals surface area contributed by atoms with Crippen molar-refractivity contribution in [3.63, 3.8) is 0 Å². The Morgan fingerprint density at radius 2 is 2.03 bits per heavy atom. The van der Waals surface area contributed by atoms with Crippen molar-refractivity contribution >= 4 is 28.6 Å². The van der Waals surface area contributed by atoms with Crippen LogP contribution in [-0.4, -0.2) is 28.9 Å². The summed E-state index contributed by atoms with van der Waals surface area (Å²) in [6, 6.07) is 12.8. The van der Waals surface area contributed by atoms with E-state index in [2.05, 4.69) is 16.0 Å². The molecule has 2 aromatic carbocycles. The number of carbonyl (C=O) groups is 1. The highest BCUT2D eigenvalue weighted by molar-refractivity contribution is 8.02. The lowest BCUT2D eigenvalue weighted by atomic mass is 10.1. The van der Waals surface area contributed by atoms with Gasteiger partial charge in [0, 0.05) is 33.6 Å². The van der Waals surface area contributed by atoms with Crippen LogP contribution in [0.3, 0.4) is 0 Å². The van der Waals surface area contributed by atoms with Gasteiger partial charge < -0.3 is 19.7 Å². The maximum Gasteiger partial charge on any atom is 0.254 e. The van der Waals surface area contributed by atoms with Gasteiger partial charge in [-0.05, 0) is 44.4 Å². The van der Waals surface area contributed by atoms with Crippen molar-refractivity contribution in [2.75, 3.05) is 13.4 Å². The number of amides is 1. The van der Waals surface area contributed by atoms with Crippen molar-refractivity contribution in [1.29, 1.82) is 0 Å². The molecule has 29 heavy (non-hydrogen) atoms. The number of phenolic OH excluding ortho intramolecular Hbond substituents is 1. The first-order valence-electron chi connectivity index (χ1n) is 9.41. The van der Waals surface area contributed by atoms with E-state index >= 15 is 0 Å². The number of ether oxygens (including phenoxy) is 1. The molecule has 1 heterocycles. The molecule has 1 aromatic heterocycles. The molecule has 2 N–H and O–H groups in total. The van der Waals surface area contributed by atoms with Crippen LogP contribution >= 0.6 is 11.8 Å². The number of para-hydroxylation sites is 1. The number of fused-ring (bicyclic) bond motifs is 1. The Balaban J connectivity index is 1.98. The van der Waals surface area contributed by atoms with Gasteiger partial charge in [-0.25, -0.2) is 0 Å². The van der Waals surface area contributed by atoms with Gasteiger partial charge in [-0.3, -0.25) is 4.79 Å². The Morgan fingerprint density at radius 3 is 2.72 bits per heavy atom. The minimum Gasteiger partial charge on any atom is -0.508 e. The second-order valence-electron chi connectivity index (χ2n) is 6.70. The summed E-state index contributed by atoms with van der Waals surface area (Å²) in [6.07, 6.45) is 4.13. The van der Waals surface area contributed by atoms with Crippen LogP contribution in [-0.2, 0) is 13.1 Å². The molecular weight excluding hydrogens is 384 g/mol. The molecule has 1 amide bonds. The first-order valence-corrected chi connectivity index (χ1v) is 10.6. The van der Waals surface area contributed by atoms with Gasteiger partial charge in [0.25, 0.3) is 5.91 Å². The van der Waals surface area contributed by atoms with Gasteiger partial charge in [0.15, 0.2) is 0 Å². The standard InChI is InChI=1S/C23H26N2O3S/c1-5-18(29-4)14-25-15(2)22(19-12-17(26)10-11-20(19)25)23(27)24-13-16-8-6-7-9-21(16)28-3/h5-12,26H,13-14H2,1-4H3,(H,24,27)/b18-5-. The average molecular weight is 411 g/mol. The zero-order chi connectivity index (χ0) is 21.0. The molecule has 0 radical (unpaired) electrons. The predicted octanol–water partition coefficient (Wildman–Crippen LogP) is 4.86. The van der Waals surface area contributed by atoms with Crippen LogP contribution in [0.5, 0.6) is 11.5 Å². The number of nitrogens with one attached hydrogen (secondary N) is 1. The topological polar surface area (TPSA) is 63.5 Å². The van der Waals surface area contributed by atoms with E-state index in [0.29, 0.717) is 18.7 Å². The van der Waals surface area contributed by atoms with Crippen LogP contribution in [0, 0.1) is 6.92 Å². The number of methoxy groups -OCH3 is 1. The third kappa shape index (κ3) is 4.27. The smallest absolute Gasteiger partial charge is 0.254 e. The van der Waals surface area contributed by atoms with E-state index < -0.39 is 0 Å². The SMILES string of the molecule is C/C=C(/Cn1c(C)c(C(=O)NCc2ccccc2OC)c2cc(O)ccc21)SC. The molecule has 0 saturated carbocycles. The highest BCUT2D eigenvalue weighted by Crippen LogP contribution is 2.31. The van der Waals surface area contributed by atoms with Crippen molar-refractivity contribution in [2.24, 2.45) is 0 Å². The first-order chi connectivity index (χ1) is 14.0. The summed E-state index contributed by atoms with van der Waals surface area (Å²) in [6.45, 7) is 5.01. The van der Waals surface area contributed by atoms with Crippen molar-refractivity contribution in [3.8, 4) is 11.5 Å². The Morgan fingerprint density at radius 1 is 1.28 bits per heavy atom. The summed E-state index contributed by atoms with van der Waals surface area (Å²) < 4.78 is 7.49. The quantitative estimate of drug-likeness (QED) is 0.584. The maximum atomic E-state index is 13.1. The largest absolute Gasteiger partial charge is 0.508 e. The normalized spacial score (nSPS) is 11.7. The first kappa shape index (κ1) is 20.9. The fraction of sp³-hybridized carbons (Fsp3) is 0.261. The van der Waals surface area contributed by atoms with E-state index in [1.165, 1.54) is 4.91 Å². The number of aromatic nitrogens is 1. The number of benzene rings is 2. The van der Waals surface area contributed by atoms with E-state index in [0.717, 1.165) is 27.9 Å². The van der Waals surface area contributed by atoms with Crippen LogP contribution in [0.2, 0.25) is 0 Å². The lowest BCUT2D eigenvalue weighted by Gasteiger charge is -2.11. The van der Waals surface area contributed by atoms with Gasteiger partial charge in [-0.1, -0.05) is 24.3 Å². The number of aromatic hydroxyl groups is 1. The van der Waals surface area contributed by atoms with Crippen molar-refractivity contribution in [1.82, 2.24) is 9.88 Å². The van der Waals surface area contributed by atoms with Crippen molar-refractivity contribution < 1.29 is 14.6 Å². The van der Waals surface area contributed by atoms with E-state index in [9.17, 15) is 9.90 Å². The highest BCUT2D eigenvalue weighted by Gasteiger charge is 2.21. The summed E-state index contributed by atoms with van der Waals surface area (Å²) in [7, 11) is 1.62. The number of rotatable bonds is 7. The van der Waals surface area contributed by atoms with Gasteiger partial charge >= 0.3 is 0 Å². The third-order valence-electron chi connectivity index (χ3n) is 5.06. The van der Waals surface area contributed by atoms with E-state index in [1.807, 2.05) is 50.4 Å². The molecule has 3 aromatic rings. The molecular formula is C23H26N2O3S. The van der Waals surface area contributed by atoms with Crippen LogP contribution in [0.4, 0.5) is 0 Å². The van der Waals surface area contributed by atoms with Gasteiger partial charge in [-0.2, -0.15) is 0 Å². The fourth-order valence-corrected chi connectivity index (χ4v) is 4.00. The number of hydrogen-bond donors (Lipinski definition) is 2. The summed E-state index contributed by atoms with van der Waals surface area (Å²) in [5, 5.41) is 13.8. The molecule has 0 bridgehead atoms. The lowest BCUT2D eigenvalue weighted by Crippen LogP contribution is -2.24. The Kier molecular flexibility index (Phi) is 6.54. The molecule has 0 atom stereocenters. The minimum absolute atomic E-state index is 0.143. The van der Waals surface area contributed by atoms with Crippen LogP contribution in [0.1, 0.15) is 28.5 Å². The lowest BCUT2D eigenvalue weighted by molar-refractivity contribution is 0.0951. The average Bonchev–Trinajstić information content (AvgIpc) is 3.00. The summed E-state index contributed by atoms with van der Waals surface area (Å²) in [4.78, 5) is 14.3. The maximum absolute atomic E-state index is 13.1. The Labute approximate surface area is 175 Å². The molecule has 0 aliphatic rings. The molecule has 152 valence electrons. The molecule has 0 aliphatic carbocycles. The number of hydrogen-bond acceptors (Lipinski definition) is 4. The van der Waals surface area contributed by atoms with Crippen LogP contribution in [0.15, 0.2) is 53.4 Å². The summed E-state index contributed by atoms with van der Waals surface area (Å²) in [5.74, 6) is 0.709. The Hall–Kier alpha value is -2.86. The minimum atomic E-state index is -0.172. The van der Waals surface area contributed by atoms with Crippen LogP contribution < -0.4 is 10.1 Å². The molecule has 0 spiro atoms. The van der Waals surface area contributed by atoms with E-state index in [4.69, 9.17) is 4.74 Å². The number of allylic oxidation sites excluding steroid dienone is 2. The molecule has 0 fully saturated rings. The second-order valence-corrected chi connectivity index (χ2v) is 7.63. The van der Waals surface area contributed by atoms with Crippen LogP contribution in [0.25, 0.3) is 10.9 Å². The summed E-state index contributed by atoms with van der Waals surface area (Å²) >= 11 is 1.69. The van der Waals surface area contributed by atoms with Gasteiger partial charge in [-0.15, -0.1) is 11.8 Å². The second kappa shape index (κ2) is 9.09. The molecule has 3 rings (SSSR count). The predicted molar refractivity (Wildman–Crippen MR) is 120 cm³/mol. The van der Waals surface area contributed by atoms with Crippen molar-refractivity contribution in [3.05, 3.63) is 70.3 Å².